The van der Waals surface area contributed by atoms with Gasteiger partial charge in [-0.3, -0.25) is 0 Å². The summed E-state index contributed by atoms with van der Waals surface area (Å²) in [5.74, 6) is 5.82. The molecule has 3 saturated carbocycles. The molecule has 0 spiro atoms. The summed E-state index contributed by atoms with van der Waals surface area (Å²) in [6.45, 7) is 18.9. The highest BCUT2D eigenvalue weighted by molar-refractivity contribution is 5.89. The van der Waals surface area contributed by atoms with Gasteiger partial charge < -0.3 is 9.47 Å². The van der Waals surface area contributed by atoms with E-state index in [4.69, 9.17) is 9.47 Å². The van der Waals surface area contributed by atoms with Crippen molar-refractivity contribution in [1.29, 1.82) is 0 Å². The second kappa shape index (κ2) is 12.7. The minimum absolute atomic E-state index is 0.0276. The van der Waals surface area contributed by atoms with E-state index in [2.05, 4.69) is 66.3 Å². The SMILES string of the molecule is C=CCOc1ccc(C(=O)OC2CCC3(C)C(=CCC4C3CCC3(C)C(C(C)C=CC(CC)C(C)C)CCC43)C2)cc1. The molecule has 0 saturated heterocycles. The van der Waals surface area contributed by atoms with Crippen molar-refractivity contribution in [1.82, 2.24) is 0 Å². The fourth-order valence-corrected chi connectivity index (χ4v) is 9.98. The van der Waals surface area contributed by atoms with Gasteiger partial charge in [0.1, 0.15) is 18.5 Å². The zero-order valence-electron chi connectivity index (χ0n) is 27.2. The first-order chi connectivity index (χ1) is 20.1. The van der Waals surface area contributed by atoms with Gasteiger partial charge in [0.05, 0.1) is 5.56 Å². The lowest BCUT2D eigenvalue weighted by atomic mass is 9.47. The molecule has 3 fully saturated rings. The molecule has 9 unspecified atom stereocenters. The molecular formula is C39H56O3. The summed E-state index contributed by atoms with van der Waals surface area (Å²) >= 11 is 0. The zero-order valence-corrected chi connectivity index (χ0v) is 27.2. The number of carbonyl (C=O) groups is 1. The van der Waals surface area contributed by atoms with Crippen LogP contribution in [-0.4, -0.2) is 18.7 Å². The molecule has 3 heteroatoms. The van der Waals surface area contributed by atoms with E-state index in [1.165, 1.54) is 38.5 Å². The van der Waals surface area contributed by atoms with Crippen molar-refractivity contribution in [3.63, 3.8) is 0 Å². The van der Waals surface area contributed by atoms with E-state index >= 15 is 0 Å². The maximum atomic E-state index is 13.0. The van der Waals surface area contributed by atoms with Crippen LogP contribution in [-0.2, 0) is 4.74 Å². The maximum Gasteiger partial charge on any atom is 0.338 e. The number of hydrogen-bond donors (Lipinski definition) is 0. The molecular weight excluding hydrogens is 516 g/mol. The van der Waals surface area contributed by atoms with Crippen LogP contribution in [0.4, 0.5) is 0 Å². The van der Waals surface area contributed by atoms with Crippen LogP contribution in [0.5, 0.6) is 5.75 Å². The fourth-order valence-electron chi connectivity index (χ4n) is 9.98. The molecule has 4 aliphatic rings. The fraction of sp³-hybridized carbons (Fsp3) is 0.667. The first-order valence-corrected chi connectivity index (χ1v) is 17.0. The number of carbonyl (C=O) groups excluding carboxylic acids is 1. The Bertz CT molecular complexity index is 1160. The molecule has 0 aromatic heterocycles. The molecule has 5 rings (SSSR count). The third-order valence-electron chi connectivity index (χ3n) is 12.5. The molecule has 9 atom stereocenters. The summed E-state index contributed by atoms with van der Waals surface area (Å²) in [6.07, 6.45) is 20.4. The molecule has 0 aliphatic heterocycles. The van der Waals surface area contributed by atoms with Crippen LogP contribution in [0.1, 0.15) is 110 Å². The number of hydrogen-bond acceptors (Lipinski definition) is 3. The van der Waals surface area contributed by atoms with Gasteiger partial charge in [0.2, 0.25) is 0 Å². The van der Waals surface area contributed by atoms with Crippen LogP contribution < -0.4 is 4.74 Å². The molecule has 0 amide bonds. The van der Waals surface area contributed by atoms with Crippen LogP contribution >= 0.6 is 0 Å². The molecule has 1 aromatic rings. The molecule has 4 aliphatic carbocycles. The Hall–Kier alpha value is -2.29. The summed E-state index contributed by atoms with van der Waals surface area (Å²) in [5.41, 5.74) is 2.88. The van der Waals surface area contributed by atoms with E-state index in [9.17, 15) is 4.79 Å². The monoisotopic (exact) mass is 572 g/mol. The van der Waals surface area contributed by atoms with E-state index in [-0.39, 0.29) is 17.5 Å². The highest BCUT2D eigenvalue weighted by atomic mass is 16.5. The maximum absolute atomic E-state index is 13.0. The molecule has 0 radical (unpaired) electrons. The third-order valence-corrected chi connectivity index (χ3v) is 12.5. The lowest BCUT2D eigenvalue weighted by Gasteiger charge is -2.58. The summed E-state index contributed by atoms with van der Waals surface area (Å²) in [6, 6.07) is 7.26. The molecule has 42 heavy (non-hydrogen) atoms. The largest absolute Gasteiger partial charge is 0.490 e. The average molecular weight is 573 g/mol. The van der Waals surface area contributed by atoms with Crippen LogP contribution in [0.15, 0.2) is 60.7 Å². The summed E-state index contributed by atoms with van der Waals surface area (Å²) in [4.78, 5) is 13.0. The number of esters is 1. The van der Waals surface area contributed by atoms with Gasteiger partial charge in [-0.1, -0.05) is 78.0 Å². The normalized spacial score (nSPS) is 35.5. The van der Waals surface area contributed by atoms with Gasteiger partial charge in [-0.05, 0) is 128 Å². The van der Waals surface area contributed by atoms with Crippen LogP contribution in [0, 0.1) is 52.3 Å². The highest BCUT2D eigenvalue weighted by Crippen LogP contribution is 2.67. The second-order valence-electron chi connectivity index (χ2n) is 14.9. The molecule has 0 heterocycles. The summed E-state index contributed by atoms with van der Waals surface area (Å²) < 4.78 is 11.6. The van der Waals surface area contributed by atoms with Crippen molar-refractivity contribution in [3.8, 4) is 5.75 Å². The van der Waals surface area contributed by atoms with E-state index in [1.54, 1.807) is 23.8 Å². The van der Waals surface area contributed by atoms with Gasteiger partial charge in [0, 0.05) is 6.42 Å². The van der Waals surface area contributed by atoms with Crippen molar-refractivity contribution in [2.75, 3.05) is 6.61 Å². The molecule has 0 bridgehead atoms. The number of allylic oxidation sites excluding steroid dienone is 3. The standard InChI is InChI=1S/C39H56O3/c1-8-24-41-31-15-12-29(13-16-31)37(40)42-32-20-22-38(6)30(25-32)14-17-33-35-19-18-34(39(35,7)23-21-36(33)38)27(5)10-11-28(9-2)26(3)4/h8,10-16,26-28,32-36H,1,9,17-25H2,2-7H3. The average Bonchev–Trinajstić information content (AvgIpc) is 3.34. The predicted molar refractivity (Wildman–Crippen MR) is 173 cm³/mol. The van der Waals surface area contributed by atoms with Gasteiger partial charge in [-0.15, -0.1) is 0 Å². The van der Waals surface area contributed by atoms with Crippen LogP contribution in [0.25, 0.3) is 0 Å². The Balaban J connectivity index is 1.23. The number of rotatable bonds is 10. The minimum Gasteiger partial charge on any atom is -0.490 e. The van der Waals surface area contributed by atoms with Crippen molar-refractivity contribution in [3.05, 3.63) is 66.3 Å². The van der Waals surface area contributed by atoms with Crippen molar-refractivity contribution in [2.24, 2.45) is 52.3 Å². The lowest BCUT2D eigenvalue weighted by Crippen LogP contribution is -2.51. The van der Waals surface area contributed by atoms with Crippen molar-refractivity contribution < 1.29 is 14.3 Å². The van der Waals surface area contributed by atoms with Gasteiger partial charge in [-0.2, -0.15) is 0 Å². The molecule has 1 aromatic carbocycles. The first kappa shape index (κ1) is 31.1. The smallest absolute Gasteiger partial charge is 0.338 e. The Morgan fingerprint density at radius 3 is 2.48 bits per heavy atom. The summed E-state index contributed by atoms with van der Waals surface area (Å²) in [7, 11) is 0. The predicted octanol–water partition coefficient (Wildman–Crippen LogP) is 10.2. The van der Waals surface area contributed by atoms with Crippen LogP contribution in [0.2, 0.25) is 0 Å². The van der Waals surface area contributed by atoms with E-state index in [1.807, 2.05) is 12.1 Å². The van der Waals surface area contributed by atoms with Crippen molar-refractivity contribution >= 4 is 5.97 Å². The Morgan fingerprint density at radius 2 is 1.79 bits per heavy atom. The summed E-state index contributed by atoms with van der Waals surface area (Å²) in [5, 5.41) is 0. The van der Waals surface area contributed by atoms with E-state index in [0.29, 0.717) is 29.4 Å². The second-order valence-corrected chi connectivity index (χ2v) is 14.9. The van der Waals surface area contributed by atoms with E-state index < -0.39 is 0 Å². The quantitative estimate of drug-likeness (QED) is 0.207. The van der Waals surface area contributed by atoms with Gasteiger partial charge in [0.25, 0.3) is 0 Å². The Kier molecular flexibility index (Phi) is 9.45. The Morgan fingerprint density at radius 1 is 1.02 bits per heavy atom. The molecule has 230 valence electrons. The number of ether oxygens (including phenoxy) is 2. The zero-order chi connectivity index (χ0) is 30.1. The number of benzene rings is 1. The van der Waals surface area contributed by atoms with Gasteiger partial charge in [-0.25, -0.2) is 4.79 Å². The first-order valence-electron chi connectivity index (χ1n) is 17.0. The van der Waals surface area contributed by atoms with E-state index in [0.717, 1.165) is 54.6 Å². The third kappa shape index (κ3) is 5.91. The minimum atomic E-state index is -0.222. The molecule has 3 nitrogen and oxygen atoms in total. The van der Waals surface area contributed by atoms with Gasteiger partial charge in [0.15, 0.2) is 0 Å². The van der Waals surface area contributed by atoms with Crippen LogP contribution in [0.3, 0.4) is 0 Å². The number of fused-ring (bicyclic) bond motifs is 5. The Labute approximate surface area is 256 Å². The van der Waals surface area contributed by atoms with Crippen molar-refractivity contribution in [2.45, 2.75) is 105 Å². The molecule has 0 N–H and O–H groups in total. The lowest BCUT2D eigenvalue weighted by molar-refractivity contribution is -0.0565. The topological polar surface area (TPSA) is 35.5 Å². The van der Waals surface area contributed by atoms with Gasteiger partial charge >= 0.3 is 5.97 Å². The highest BCUT2D eigenvalue weighted by Gasteiger charge is 2.59.